The van der Waals surface area contributed by atoms with E-state index in [9.17, 15) is 20.1 Å². The first kappa shape index (κ1) is 39.1. The number of hydrogen-bond acceptors (Lipinski definition) is 4. The van der Waals surface area contributed by atoms with E-state index in [0.717, 1.165) is 25.7 Å². The van der Waals surface area contributed by atoms with Crippen LogP contribution in [0.3, 0.4) is 0 Å². The lowest BCUT2D eigenvalue weighted by Crippen LogP contribution is -2.45. The van der Waals surface area contributed by atoms with Gasteiger partial charge < -0.3 is 20.6 Å². The molecule has 0 aromatic rings. The van der Waals surface area contributed by atoms with E-state index in [1.54, 1.807) is 6.08 Å². The summed E-state index contributed by atoms with van der Waals surface area (Å²) in [6, 6.07) is -0.736. The second-order valence-corrected chi connectivity index (χ2v) is 12.1. The molecule has 5 nitrogen and oxygen atoms in total. The summed E-state index contributed by atoms with van der Waals surface area (Å²) in [6.45, 7) is 4.18. The van der Waals surface area contributed by atoms with Gasteiger partial charge in [0.2, 0.25) is 5.91 Å². The Morgan fingerprint density at radius 1 is 0.625 bits per heavy atom. The highest BCUT2D eigenvalue weighted by Gasteiger charge is 2.20. The highest BCUT2D eigenvalue weighted by atomic mass is 16.3. The van der Waals surface area contributed by atoms with Crippen molar-refractivity contribution >= 4 is 5.91 Å². The predicted octanol–water partition coefficient (Wildman–Crippen LogP) is 8.92. The van der Waals surface area contributed by atoms with Crippen LogP contribution in [0, 0.1) is 0 Å². The van der Waals surface area contributed by atoms with E-state index < -0.39 is 18.2 Å². The maximum Gasteiger partial charge on any atom is 0.222 e. The van der Waals surface area contributed by atoms with Crippen LogP contribution < -0.4 is 5.32 Å². The number of allylic oxidation sites excluding steroid dienone is 1. The molecule has 0 spiro atoms. The molecule has 5 heteroatoms. The maximum absolute atomic E-state index is 12.3. The number of hydrogen-bond donors (Lipinski definition) is 4. The van der Waals surface area contributed by atoms with Gasteiger partial charge in [0.15, 0.2) is 0 Å². The molecule has 40 heavy (non-hydrogen) atoms. The van der Waals surface area contributed by atoms with Crippen LogP contribution in [0.2, 0.25) is 0 Å². The van der Waals surface area contributed by atoms with Gasteiger partial charge in [0, 0.05) is 0 Å². The molecule has 0 aliphatic carbocycles. The van der Waals surface area contributed by atoms with Crippen molar-refractivity contribution in [1.82, 2.24) is 5.32 Å². The first-order chi connectivity index (χ1) is 19.5. The van der Waals surface area contributed by atoms with E-state index in [0.29, 0.717) is 6.42 Å². The van der Waals surface area contributed by atoms with Crippen LogP contribution >= 0.6 is 0 Å². The zero-order valence-corrected chi connectivity index (χ0v) is 26.7. The number of aliphatic hydroxyl groups excluding tert-OH is 3. The van der Waals surface area contributed by atoms with Gasteiger partial charge in [0.05, 0.1) is 31.3 Å². The first-order valence-corrected chi connectivity index (χ1v) is 17.5. The number of carbonyl (C=O) groups is 1. The predicted molar refractivity (Wildman–Crippen MR) is 172 cm³/mol. The number of aliphatic hydroxyl groups is 3. The van der Waals surface area contributed by atoms with Crippen LogP contribution in [0.25, 0.3) is 0 Å². The minimum atomic E-state index is -0.921. The molecule has 3 atom stereocenters. The van der Waals surface area contributed by atoms with Crippen LogP contribution in [0.4, 0.5) is 0 Å². The van der Waals surface area contributed by atoms with Gasteiger partial charge in [-0.3, -0.25) is 4.79 Å². The van der Waals surface area contributed by atoms with Gasteiger partial charge in [-0.25, -0.2) is 0 Å². The lowest BCUT2D eigenvalue weighted by Gasteiger charge is -2.21. The third kappa shape index (κ3) is 27.3. The average Bonchev–Trinajstić information content (AvgIpc) is 2.94. The van der Waals surface area contributed by atoms with Crippen molar-refractivity contribution in [1.29, 1.82) is 0 Å². The van der Waals surface area contributed by atoms with Crippen molar-refractivity contribution < 1.29 is 20.1 Å². The molecule has 0 bridgehead atoms. The Balaban J connectivity index is 3.75. The molecular formula is C35H69NO4. The summed E-state index contributed by atoms with van der Waals surface area (Å²) in [4.78, 5) is 12.3. The fraction of sp³-hybridized carbons (Fsp3) is 0.914. The van der Waals surface area contributed by atoms with Gasteiger partial charge >= 0.3 is 0 Å². The summed E-state index contributed by atoms with van der Waals surface area (Å²) < 4.78 is 0. The van der Waals surface area contributed by atoms with Crippen LogP contribution in [0.15, 0.2) is 12.2 Å². The van der Waals surface area contributed by atoms with Crippen molar-refractivity contribution in [2.24, 2.45) is 0 Å². The number of rotatable bonds is 31. The number of amides is 1. The number of unbranched alkanes of at least 4 members (excludes halogenated alkanes) is 22. The molecule has 0 fully saturated rings. The topological polar surface area (TPSA) is 89.8 Å². The van der Waals surface area contributed by atoms with Crippen LogP contribution in [-0.2, 0) is 4.79 Å². The SMILES string of the molecule is CCCCCCCCCCCC/C=C/C(O)C(CO)NC(=O)CC(O)CCCCCCCCCCCCCCC. The van der Waals surface area contributed by atoms with Crippen molar-refractivity contribution in [3.8, 4) is 0 Å². The van der Waals surface area contributed by atoms with E-state index in [4.69, 9.17) is 0 Å². The lowest BCUT2D eigenvalue weighted by atomic mass is 10.0. The molecule has 1 amide bonds. The molecule has 0 heterocycles. The minimum Gasteiger partial charge on any atom is -0.394 e. The van der Waals surface area contributed by atoms with Crippen molar-refractivity contribution in [2.75, 3.05) is 6.61 Å². The summed E-state index contributed by atoms with van der Waals surface area (Å²) >= 11 is 0. The molecular weight excluding hydrogens is 498 g/mol. The lowest BCUT2D eigenvalue weighted by molar-refractivity contribution is -0.124. The van der Waals surface area contributed by atoms with Gasteiger partial charge in [-0.15, -0.1) is 0 Å². The fourth-order valence-corrected chi connectivity index (χ4v) is 5.34. The van der Waals surface area contributed by atoms with Gasteiger partial charge in [-0.05, 0) is 19.3 Å². The molecule has 0 aromatic carbocycles. The largest absolute Gasteiger partial charge is 0.394 e. The second kappa shape index (κ2) is 31.0. The minimum absolute atomic E-state index is 0.0177. The quantitative estimate of drug-likeness (QED) is 0.0497. The first-order valence-electron chi connectivity index (χ1n) is 17.5. The normalized spacial score (nSPS) is 14.0. The zero-order chi connectivity index (χ0) is 29.5. The Hall–Kier alpha value is -0.910. The molecule has 4 N–H and O–H groups in total. The van der Waals surface area contributed by atoms with E-state index >= 15 is 0 Å². The summed E-state index contributed by atoms with van der Waals surface area (Å²) in [7, 11) is 0. The van der Waals surface area contributed by atoms with Crippen molar-refractivity contribution in [2.45, 2.75) is 199 Å². The second-order valence-electron chi connectivity index (χ2n) is 12.1. The molecule has 0 aliphatic rings. The van der Waals surface area contributed by atoms with Crippen molar-refractivity contribution in [3.05, 3.63) is 12.2 Å². The monoisotopic (exact) mass is 568 g/mol. The van der Waals surface area contributed by atoms with Gasteiger partial charge in [0.1, 0.15) is 0 Å². The van der Waals surface area contributed by atoms with Crippen LogP contribution in [-0.4, -0.2) is 46.1 Å². The Morgan fingerprint density at radius 3 is 1.45 bits per heavy atom. The molecule has 0 saturated heterocycles. The molecule has 0 radical (unpaired) electrons. The highest BCUT2D eigenvalue weighted by Crippen LogP contribution is 2.15. The van der Waals surface area contributed by atoms with Gasteiger partial charge in [-0.1, -0.05) is 167 Å². The third-order valence-electron chi connectivity index (χ3n) is 8.07. The summed E-state index contributed by atoms with van der Waals surface area (Å²) in [5.41, 5.74) is 0. The Bertz CT molecular complexity index is 554. The van der Waals surface area contributed by atoms with E-state index in [-0.39, 0.29) is 18.9 Å². The maximum atomic E-state index is 12.3. The molecule has 0 rings (SSSR count). The molecule has 238 valence electrons. The number of carbonyl (C=O) groups excluding carboxylic acids is 1. The summed E-state index contributed by atoms with van der Waals surface area (Å²) in [6.07, 6.45) is 33.3. The van der Waals surface area contributed by atoms with Crippen LogP contribution in [0.1, 0.15) is 181 Å². The standard InChI is InChI=1S/C35H69NO4/c1-3-5-7-9-11-13-15-17-18-20-22-24-26-28-32(38)30-35(40)36-33(31-37)34(39)29-27-25-23-21-19-16-14-12-10-8-6-4-2/h27,29,32-34,37-39H,3-26,28,30-31H2,1-2H3,(H,36,40)/b29-27+. The summed E-state index contributed by atoms with van der Waals surface area (Å²) in [5.74, 6) is -0.316. The Kier molecular flexibility index (Phi) is 30.3. The van der Waals surface area contributed by atoms with E-state index in [1.165, 1.54) is 128 Å². The Morgan fingerprint density at radius 2 is 1.02 bits per heavy atom. The molecule has 0 aromatic heterocycles. The van der Waals surface area contributed by atoms with Crippen LogP contribution in [0.5, 0.6) is 0 Å². The fourth-order valence-electron chi connectivity index (χ4n) is 5.34. The van der Waals surface area contributed by atoms with E-state index in [2.05, 4.69) is 19.2 Å². The summed E-state index contributed by atoms with van der Waals surface area (Å²) in [5, 5.41) is 32.9. The molecule has 0 aliphatic heterocycles. The smallest absolute Gasteiger partial charge is 0.222 e. The van der Waals surface area contributed by atoms with E-state index in [1.807, 2.05) is 6.08 Å². The molecule has 0 saturated carbocycles. The Labute approximate surface area is 249 Å². The van der Waals surface area contributed by atoms with Crippen molar-refractivity contribution in [3.63, 3.8) is 0 Å². The number of nitrogens with one attached hydrogen (secondary N) is 1. The van der Waals surface area contributed by atoms with Gasteiger partial charge in [0.25, 0.3) is 0 Å². The third-order valence-corrected chi connectivity index (χ3v) is 8.07. The average molecular weight is 568 g/mol. The molecule has 3 unspecified atom stereocenters. The highest BCUT2D eigenvalue weighted by molar-refractivity contribution is 5.76. The van der Waals surface area contributed by atoms with Gasteiger partial charge in [-0.2, -0.15) is 0 Å². The zero-order valence-electron chi connectivity index (χ0n) is 26.7.